The fraction of sp³-hybridized carbons (Fsp3) is 0.500. The molecule has 2 N–H and O–H groups in total. The predicted molar refractivity (Wildman–Crippen MR) is 56.2 cm³/mol. The van der Waals surface area contributed by atoms with Crippen molar-refractivity contribution in [2.75, 3.05) is 11.9 Å². The second-order valence-corrected chi connectivity index (χ2v) is 3.75. The van der Waals surface area contributed by atoms with E-state index >= 15 is 0 Å². The highest BCUT2D eigenvalue weighted by molar-refractivity contribution is 7.15. The fourth-order valence-electron chi connectivity index (χ4n) is 0.926. The predicted octanol–water partition coefficient (Wildman–Crippen LogP) is 0.671. The molecule has 0 aliphatic heterocycles. The molecule has 0 bridgehead atoms. The monoisotopic (exact) mass is 225 g/mol. The number of rotatable bonds is 4. The zero-order valence-corrected chi connectivity index (χ0v) is 9.26. The Morgan fingerprint density at radius 2 is 2.40 bits per heavy atom. The third kappa shape index (κ3) is 3.18. The Balaban J connectivity index is 2.75. The second kappa shape index (κ2) is 5.26. The van der Waals surface area contributed by atoms with Crippen molar-refractivity contribution in [3.63, 3.8) is 0 Å². The van der Waals surface area contributed by atoms with Crippen molar-refractivity contribution in [2.45, 2.75) is 19.9 Å². The van der Waals surface area contributed by atoms with Crippen molar-refractivity contribution in [1.82, 2.24) is 15.5 Å². The Kier molecular flexibility index (Phi) is 4.00. The molecule has 7 heteroatoms. The zero-order chi connectivity index (χ0) is 11.3. The Morgan fingerprint density at radius 3 is 2.93 bits per heavy atom. The van der Waals surface area contributed by atoms with E-state index in [4.69, 9.17) is 5.26 Å². The van der Waals surface area contributed by atoms with Gasteiger partial charge in [-0.2, -0.15) is 5.26 Å². The van der Waals surface area contributed by atoms with Gasteiger partial charge < -0.3 is 10.6 Å². The molecule has 0 saturated heterocycles. The van der Waals surface area contributed by atoms with E-state index in [2.05, 4.69) is 20.8 Å². The van der Waals surface area contributed by atoms with Gasteiger partial charge in [0.25, 0.3) is 0 Å². The van der Waals surface area contributed by atoms with Crippen LogP contribution in [0.4, 0.5) is 5.13 Å². The highest BCUT2D eigenvalue weighted by Gasteiger charge is 2.16. The number of aromatic nitrogens is 2. The molecule has 1 atom stereocenters. The van der Waals surface area contributed by atoms with Gasteiger partial charge in [0.05, 0.1) is 6.07 Å². The molecule has 0 aliphatic rings. The molecule has 0 aliphatic carbocycles. The lowest BCUT2D eigenvalue weighted by Crippen LogP contribution is -2.24. The first kappa shape index (κ1) is 11.4. The van der Waals surface area contributed by atoms with Gasteiger partial charge in [-0.1, -0.05) is 11.3 Å². The first-order valence-corrected chi connectivity index (χ1v) is 5.23. The largest absolute Gasteiger partial charge is 0.360 e. The lowest BCUT2D eigenvalue weighted by atomic mass is 10.3. The first-order chi connectivity index (χ1) is 7.17. The molecule has 15 heavy (non-hydrogen) atoms. The zero-order valence-electron chi connectivity index (χ0n) is 8.44. The van der Waals surface area contributed by atoms with Gasteiger partial charge in [0, 0.05) is 13.5 Å². The van der Waals surface area contributed by atoms with Crippen molar-refractivity contribution in [3.05, 3.63) is 5.01 Å². The van der Waals surface area contributed by atoms with Crippen LogP contribution in [0.1, 0.15) is 24.9 Å². The lowest BCUT2D eigenvalue weighted by Gasteiger charge is -2.04. The molecule has 0 fully saturated rings. The average molecular weight is 225 g/mol. The number of nitriles is 1. The SMILES string of the molecule is CCNc1nnc([C@@H](C#N)NC(C)=O)s1. The minimum atomic E-state index is -0.715. The molecule has 0 unspecified atom stereocenters. The van der Waals surface area contributed by atoms with Gasteiger partial charge in [0.2, 0.25) is 11.0 Å². The summed E-state index contributed by atoms with van der Waals surface area (Å²) >= 11 is 1.26. The topological polar surface area (TPSA) is 90.7 Å². The number of carbonyl (C=O) groups excluding carboxylic acids is 1. The maximum absolute atomic E-state index is 10.8. The van der Waals surface area contributed by atoms with Gasteiger partial charge >= 0.3 is 0 Å². The minimum absolute atomic E-state index is 0.262. The van der Waals surface area contributed by atoms with Crippen LogP contribution in [0.5, 0.6) is 0 Å². The van der Waals surface area contributed by atoms with E-state index < -0.39 is 6.04 Å². The molecule has 80 valence electrons. The summed E-state index contributed by atoms with van der Waals surface area (Å²) in [7, 11) is 0. The lowest BCUT2D eigenvalue weighted by molar-refractivity contribution is -0.119. The molecule has 0 radical (unpaired) electrons. The molecule has 1 amide bonds. The third-order valence-corrected chi connectivity index (χ3v) is 2.44. The molecule has 0 spiro atoms. The number of anilines is 1. The molecule has 1 aromatic heterocycles. The van der Waals surface area contributed by atoms with Gasteiger partial charge in [-0.3, -0.25) is 4.79 Å². The summed E-state index contributed by atoms with van der Waals surface area (Å²) in [6, 6.07) is 1.24. The van der Waals surface area contributed by atoms with Gasteiger partial charge in [-0.15, -0.1) is 10.2 Å². The summed E-state index contributed by atoms with van der Waals surface area (Å²) in [6.45, 7) is 4.04. The number of hydrogen-bond acceptors (Lipinski definition) is 6. The molecule has 1 rings (SSSR count). The average Bonchev–Trinajstić information content (AvgIpc) is 2.63. The van der Waals surface area contributed by atoms with Crippen LogP contribution in [0.15, 0.2) is 0 Å². The van der Waals surface area contributed by atoms with Crippen molar-refractivity contribution < 1.29 is 4.79 Å². The third-order valence-electron chi connectivity index (χ3n) is 1.49. The van der Waals surface area contributed by atoms with E-state index in [1.807, 2.05) is 13.0 Å². The van der Waals surface area contributed by atoms with Gasteiger partial charge in [-0.05, 0) is 6.92 Å². The molecule has 1 heterocycles. The van der Waals surface area contributed by atoms with Crippen LogP contribution in [0.25, 0.3) is 0 Å². The summed E-state index contributed by atoms with van der Waals surface area (Å²) in [6.07, 6.45) is 0. The summed E-state index contributed by atoms with van der Waals surface area (Å²) < 4.78 is 0. The Labute approximate surface area is 91.3 Å². The van der Waals surface area contributed by atoms with E-state index in [-0.39, 0.29) is 5.91 Å². The van der Waals surface area contributed by atoms with E-state index in [9.17, 15) is 4.79 Å². The Hall–Kier alpha value is -1.68. The number of amides is 1. The van der Waals surface area contributed by atoms with Crippen molar-refractivity contribution >= 4 is 22.4 Å². The summed E-state index contributed by atoms with van der Waals surface area (Å²) in [5.74, 6) is -0.262. The Bertz CT molecular complexity index is 383. The van der Waals surface area contributed by atoms with Crippen LogP contribution >= 0.6 is 11.3 Å². The maximum atomic E-state index is 10.8. The van der Waals surface area contributed by atoms with Crippen LogP contribution in [0, 0.1) is 11.3 Å². The van der Waals surface area contributed by atoms with Gasteiger partial charge in [0.15, 0.2) is 11.0 Å². The van der Waals surface area contributed by atoms with Gasteiger partial charge in [0.1, 0.15) is 0 Å². The smallest absolute Gasteiger partial charge is 0.218 e. The van der Waals surface area contributed by atoms with E-state index in [1.165, 1.54) is 18.3 Å². The van der Waals surface area contributed by atoms with Crippen LogP contribution in [0.3, 0.4) is 0 Å². The normalized spacial score (nSPS) is 11.5. The van der Waals surface area contributed by atoms with Crippen molar-refractivity contribution in [2.24, 2.45) is 0 Å². The molecule has 0 aromatic carbocycles. The second-order valence-electron chi connectivity index (χ2n) is 2.74. The highest BCUT2D eigenvalue weighted by Crippen LogP contribution is 2.20. The molecular formula is C8H11N5OS. The molecule has 0 saturated carbocycles. The van der Waals surface area contributed by atoms with E-state index in [0.29, 0.717) is 10.1 Å². The summed E-state index contributed by atoms with van der Waals surface area (Å²) in [5.41, 5.74) is 0. The quantitative estimate of drug-likeness (QED) is 0.786. The molecular weight excluding hydrogens is 214 g/mol. The number of hydrogen-bond donors (Lipinski definition) is 2. The minimum Gasteiger partial charge on any atom is -0.360 e. The maximum Gasteiger partial charge on any atom is 0.218 e. The van der Waals surface area contributed by atoms with Crippen molar-refractivity contribution in [1.29, 1.82) is 5.26 Å². The van der Waals surface area contributed by atoms with Crippen LogP contribution in [-0.2, 0) is 4.79 Å². The van der Waals surface area contributed by atoms with Crippen LogP contribution in [0.2, 0.25) is 0 Å². The first-order valence-electron chi connectivity index (χ1n) is 4.41. The standard InChI is InChI=1S/C8H11N5OS/c1-3-10-8-13-12-7(15-8)6(4-9)11-5(2)14/h6H,3H2,1-2H3,(H,10,13)(H,11,14)/t6-/m1/s1. The molecule has 6 nitrogen and oxygen atoms in total. The number of nitrogens with one attached hydrogen (secondary N) is 2. The van der Waals surface area contributed by atoms with E-state index in [0.717, 1.165) is 6.54 Å². The number of carbonyl (C=O) groups is 1. The van der Waals surface area contributed by atoms with Crippen molar-refractivity contribution in [3.8, 4) is 6.07 Å². The molecule has 1 aromatic rings. The number of nitrogens with zero attached hydrogens (tertiary/aromatic N) is 3. The van der Waals surface area contributed by atoms with Gasteiger partial charge in [-0.25, -0.2) is 0 Å². The van der Waals surface area contributed by atoms with E-state index in [1.54, 1.807) is 0 Å². The Morgan fingerprint density at radius 1 is 1.67 bits per heavy atom. The highest BCUT2D eigenvalue weighted by atomic mass is 32.1. The summed E-state index contributed by atoms with van der Waals surface area (Å²) in [5, 5.41) is 23.1. The fourth-order valence-corrected chi connectivity index (χ4v) is 1.73. The van der Waals surface area contributed by atoms with Crippen LogP contribution in [-0.4, -0.2) is 22.6 Å². The van der Waals surface area contributed by atoms with Crippen LogP contribution < -0.4 is 10.6 Å². The summed E-state index contributed by atoms with van der Waals surface area (Å²) in [4.78, 5) is 10.8.